The van der Waals surface area contributed by atoms with Crippen molar-refractivity contribution >= 4 is 5.94 Å². The molecule has 1 rings (SSSR count). The van der Waals surface area contributed by atoms with Gasteiger partial charge in [0.05, 0.1) is 5.70 Å². The van der Waals surface area contributed by atoms with Gasteiger partial charge in [-0.25, -0.2) is 4.79 Å². The van der Waals surface area contributed by atoms with Crippen LogP contribution in [0.4, 0.5) is 0 Å². The molecular weight excluding hydrogens is 106 g/mol. The first kappa shape index (κ1) is 7.21. The second-order valence-corrected chi connectivity index (χ2v) is 1.61. The Morgan fingerprint density at radius 1 is 1.62 bits per heavy atom. The minimum absolute atomic E-state index is 0. The van der Waals surface area contributed by atoms with E-state index in [0.29, 0.717) is 0 Å². The molecule has 0 atom stereocenters. The smallest absolute Gasteiger partial charge is 0.145 e. The lowest BCUT2D eigenvalue weighted by atomic mass is 10.3. The molecule has 3 N–H and O–H groups in total. The zero-order valence-corrected chi connectivity index (χ0v) is 4.53. The average molecular weight is 115 g/mol. The maximum atomic E-state index is 9.78. The number of hydrogen-bond donors (Lipinski definition) is 1. The highest BCUT2D eigenvalue weighted by atomic mass is 16.1. The average Bonchev–Trinajstić information content (AvgIpc) is 2.14. The molecule has 0 amide bonds. The molecule has 0 aromatic heterocycles. The van der Waals surface area contributed by atoms with E-state index in [1.165, 1.54) is 0 Å². The minimum atomic E-state index is 0. The highest BCUT2D eigenvalue weighted by molar-refractivity contribution is 5.51. The van der Waals surface area contributed by atoms with Crippen LogP contribution in [0.25, 0.3) is 0 Å². The maximum absolute atomic E-state index is 9.78. The van der Waals surface area contributed by atoms with Crippen LogP contribution in [0.1, 0.15) is 12.8 Å². The van der Waals surface area contributed by atoms with Crippen molar-refractivity contribution in [2.75, 3.05) is 6.54 Å². The topological polar surface area (TPSA) is 60.6 Å². The van der Waals surface area contributed by atoms with Crippen molar-refractivity contribution in [1.82, 2.24) is 5.32 Å². The standard InChI is InChI=1S/C5H7NO.H2O/c7-4-5-2-1-3-6-5;/h6H,1-3H2;1H2. The summed E-state index contributed by atoms with van der Waals surface area (Å²) >= 11 is 0. The third-order valence-electron chi connectivity index (χ3n) is 1.07. The molecule has 0 aliphatic carbocycles. The lowest BCUT2D eigenvalue weighted by molar-refractivity contribution is 0.565. The number of nitrogens with one attached hydrogen (secondary N) is 1. The Labute approximate surface area is 47.7 Å². The Bertz CT molecular complexity index is 108. The SMILES string of the molecule is O.O=C=C1CCCN1. The van der Waals surface area contributed by atoms with E-state index in [9.17, 15) is 4.79 Å². The van der Waals surface area contributed by atoms with E-state index >= 15 is 0 Å². The molecule has 0 aromatic carbocycles. The summed E-state index contributed by atoms with van der Waals surface area (Å²) in [7, 11) is 0. The Balaban J connectivity index is 0.000000490. The van der Waals surface area contributed by atoms with Crippen molar-refractivity contribution in [3.63, 3.8) is 0 Å². The number of allylic oxidation sites excluding steroid dienone is 1. The first-order valence-corrected chi connectivity index (χ1v) is 2.41. The zero-order chi connectivity index (χ0) is 5.11. The second-order valence-electron chi connectivity index (χ2n) is 1.61. The molecule has 8 heavy (non-hydrogen) atoms. The van der Waals surface area contributed by atoms with Gasteiger partial charge in [0.25, 0.3) is 0 Å². The van der Waals surface area contributed by atoms with E-state index in [1.807, 2.05) is 5.94 Å². The quantitative estimate of drug-likeness (QED) is 0.423. The lowest BCUT2D eigenvalue weighted by Crippen LogP contribution is -2.03. The largest absolute Gasteiger partial charge is 0.412 e. The molecule has 1 aliphatic rings. The Kier molecular flexibility index (Phi) is 2.92. The molecule has 0 unspecified atom stereocenters. The fraction of sp³-hybridized carbons (Fsp3) is 0.600. The van der Waals surface area contributed by atoms with Gasteiger partial charge in [0.1, 0.15) is 5.94 Å². The van der Waals surface area contributed by atoms with Crippen LogP contribution in [0.5, 0.6) is 0 Å². The van der Waals surface area contributed by atoms with Crippen molar-refractivity contribution in [2.45, 2.75) is 12.8 Å². The van der Waals surface area contributed by atoms with Gasteiger partial charge in [-0.15, -0.1) is 0 Å². The second kappa shape index (κ2) is 3.24. The van der Waals surface area contributed by atoms with Gasteiger partial charge in [-0.1, -0.05) is 0 Å². The van der Waals surface area contributed by atoms with Gasteiger partial charge in [-0.05, 0) is 12.8 Å². The molecule has 3 nitrogen and oxygen atoms in total. The summed E-state index contributed by atoms with van der Waals surface area (Å²) in [6, 6.07) is 0. The summed E-state index contributed by atoms with van der Waals surface area (Å²) in [5, 5.41) is 2.90. The van der Waals surface area contributed by atoms with E-state index in [1.54, 1.807) is 0 Å². The van der Waals surface area contributed by atoms with Crippen molar-refractivity contribution in [2.24, 2.45) is 0 Å². The fourth-order valence-corrected chi connectivity index (χ4v) is 0.680. The molecule has 46 valence electrons. The summed E-state index contributed by atoms with van der Waals surface area (Å²) in [4.78, 5) is 9.78. The predicted molar refractivity (Wildman–Crippen MR) is 30.1 cm³/mol. The molecular formula is C5H9NO2. The molecule has 3 heteroatoms. The summed E-state index contributed by atoms with van der Waals surface area (Å²) < 4.78 is 0. The van der Waals surface area contributed by atoms with Crippen LogP contribution in [0, 0.1) is 0 Å². The monoisotopic (exact) mass is 115 g/mol. The van der Waals surface area contributed by atoms with E-state index in [2.05, 4.69) is 5.32 Å². The van der Waals surface area contributed by atoms with Gasteiger partial charge in [0, 0.05) is 6.54 Å². The Morgan fingerprint density at radius 3 is 2.62 bits per heavy atom. The highest BCUT2D eigenvalue weighted by Crippen LogP contribution is 2.03. The molecule has 0 radical (unpaired) electrons. The molecule has 0 spiro atoms. The number of carbonyl (C=O) groups excluding carboxylic acids is 1. The number of rotatable bonds is 0. The first-order valence-electron chi connectivity index (χ1n) is 2.41. The van der Waals surface area contributed by atoms with Crippen molar-refractivity contribution in [3.8, 4) is 0 Å². The van der Waals surface area contributed by atoms with Gasteiger partial charge < -0.3 is 10.8 Å². The van der Waals surface area contributed by atoms with E-state index < -0.39 is 0 Å². The van der Waals surface area contributed by atoms with Gasteiger partial charge in [0.2, 0.25) is 0 Å². The van der Waals surface area contributed by atoms with E-state index in [-0.39, 0.29) is 5.48 Å². The van der Waals surface area contributed by atoms with Crippen LogP contribution in [0.2, 0.25) is 0 Å². The molecule has 1 heterocycles. The van der Waals surface area contributed by atoms with Crippen molar-refractivity contribution < 1.29 is 10.3 Å². The Morgan fingerprint density at radius 2 is 2.38 bits per heavy atom. The molecule has 1 aliphatic heterocycles. The van der Waals surface area contributed by atoms with Crippen molar-refractivity contribution in [1.29, 1.82) is 0 Å². The Hall–Kier alpha value is -0.790. The van der Waals surface area contributed by atoms with Gasteiger partial charge in [0.15, 0.2) is 0 Å². The first-order chi connectivity index (χ1) is 3.43. The summed E-state index contributed by atoms with van der Waals surface area (Å²) in [5.74, 6) is 1.82. The molecule has 1 fully saturated rings. The van der Waals surface area contributed by atoms with Gasteiger partial charge in [-0.2, -0.15) is 0 Å². The molecule has 0 bridgehead atoms. The summed E-state index contributed by atoms with van der Waals surface area (Å²) in [6.45, 7) is 0.949. The van der Waals surface area contributed by atoms with Crippen LogP contribution < -0.4 is 5.32 Å². The van der Waals surface area contributed by atoms with Gasteiger partial charge in [-0.3, -0.25) is 0 Å². The third kappa shape index (κ3) is 1.37. The van der Waals surface area contributed by atoms with Crippen LogP contribution in [-0.2, 0) is 4.79 Å². The molecule has 0 aromatic rings. The zero-order valence-electron chi connectivity index (χ0n) is 4.53. The number of hydrogen-bond acceptors (Lipinski definition) is 2. The molecule has 1 saturated heterocycles. The van der Waals surface area contributed by atoms with Crippen LogP contribution in [0.15, 0.2) is 5.70 Å². The van der Waals surface area contributed by atoms with Crippen LogP contribution >= 0.6 is 0 Å². The van der Waals surface area contributed by atoms with Crippen LogP contribution in [0.3, 0.4) is 0 Å². The minimum Gasteiger partial charge on any atom is -0.412 e. The van der Waals surface area contributed by atoms with Crippen LogP contribution in [-0.4, -0.2) is 18.0 Å². The van der Waals surface area contributed by atoms with E-state index in [4.69, 9.17) is 0 Å². The molecule has 0 saturated carbocycles. The van der Waals surface area contributed by atoms with Crippen molar-refractivity contribution in [3.05, 3.63) is 5.70 Å². The van der Waals surface area contributed by atoms with E-state index in [0.717, 1.165) is 25.1 Å². The fourth-order valence-electron chi connectivity index (χ4n) is 0.680. The predicted octanol–water partition coefficient (Wildman–Crippen LogP) is -0.739. The lowest BCUT2D eigenvalue weighted by Gasteiger charge is -1.84. The maximum Gasteiger partial charge on any atom is 0.145 e. The normalized spacial score (nSPS) is 16.2. The summed E-state index contributed by atoms with van der Waals surface area (Å²) in [6.07, 6.45) is 1.98. The third-order valence-corrected chi connectivity index (χ3v) is 1.07. The highest BCUT2D eigenvalue weighted by Gasteiger charge is 2.03. The van der Waals surface area contributed by atoms with Gasteiger partial charge >= 0.3 is 0 Å². The summed E-state index contributed by atoms with van der Waals surface area (Å²) in [5.41, 5.74) is 0.736.